The molecule has 0 saturated heterocycles. The van der Waals surface area contributed by atoms with E-state index in [2.05, 4.69) is 11.9 Å². The Morgan fingerprint density at radius 1 is 1.06 bits per heavy atom. The highest BCUT2D eigenvalue weighted by Gasteiger charge is 2.07. The molecule has 0 fully saturated rings. The van der Waals surface area contributed by atoms with Crippen LogP contribution in [0.4, 0.5) is 5.69 Å². The summed E-state index contributed by atoms with van der Waals surface area (Å²) in [6, 6.07) is 13.1. The lowest BCUT2D eigenvalue weighted by molar-refractivity contribution is 0.620. The summed E-state index contributed by atoms with van der Waals surface area (Å²) >= 11 is 0. The van der Waals surface area contributed by atoms with Gasteiger partial charge in [-0.15, -0.1) is 0 Å². The Balaban J connectivity index is 2.14. The molecule has 17 heavy (non-hydrogen) atoms. The zero-order valence-electron chi connectivity index (χ0n) is 9.18. The average Bonchev–Trinajstić information content (AvgIpc) is 2.72. The maximum atomic E-state index is 5.67. The highest BCUT2D eigenvalue weighted by molar-refractivity contribution is 5.77. The van der Waals surface area contributed by atoms with Gasteiger partial charge in [-0.3, -0.25) is 0 Å². The average molecular weight is 223 g/mol. The Morgan fingerprint density at radius 3 is 2.59 bits per heavy atom. The number of nitrogens with zero attached hydrogens (tertiary/aromatic N) is 1. The fourth-order valence-corrected chi connectivity index (χ4v) is 1.72. The van der Waals surface area contributed by atoms with E-state index in [1.807, 2.05) is 42.5 Å². The van der Waals surface area contributed by atoms with Crippen LogP contribution in [0.25, 0.3) is 22.6 Å². The SMILES string of the molecule is [CH2]c1ccc2oc(-c3ccc(N)cc3)nc2c1. The summed E-state index contributed by atoms with van der Waals surface area (Å²) in [4.78, 5) is 4.43. The smallest absolute Gasteiger partial charge is 0.227 e. The van der Waals surface area contributed by atoms with E-state index in [9.17, 15) is 0 Å². The van der Waals surface area contributed by atoms with E-state index in [0.29, 0.717) is 5.89 Å². The molecule has 1 aromatic heterocycles. The van der Waals surface area contributed by atoms with Gasteiger partial charge in [-0.25, -0.2) is 4.98 Å². The van der Waals surface area contributed by atoms with E-state index >= 15 is 0 Å². The van der Waals surface area contributed by atoms with E-state index in [1.54, 1.807) is 0 Å². The maximum Gasteiger partial charge on any atom is 0.227 e. The molecule has 3 aromatic rings. The number of fused-ring (bicyclic) bond motifs is 1. The predicted octanol–water partition coefficient (Wildman–Crippen LogP) is 3.26. The van der Waals surface area contributed by atoms with Gasteiger partial charge in [0.1, 0.15) is 5.52 Å². The molecule has 0 aliphatic heterocycles. The fraction of sp³-hybridized carbons (Fsp3) is 0. The van der Waals surface area contributed by atoms with Gasteiger partial charge in [-0.1, -0.05) is 6.07 Å². The van der Waals surface area contributed by atoms with Crippen molar-refractivity contribution in [2.75, 3.05) is 5.73 Å². The van der Waals surface area contributed by atoms with Crippen LogP contribution in [0.15, 0.2) is 46.9 Å². The standard InChI is InChI=1S/C14H11N2O/c1-9-2-7-13-12(8-9)16-14(17-13)10-3-5-11(15)6-4-10/h2-8H,1,15H2. The molecule has 0 atom stereocenters. The first-order valence-electron chi connectivity index (χ1n) is 5.31. The number of oxazole rings is 1. The molecule has 0 aliphatic rings. The van der Waals surface area contributed by atoms with Gasteiger partial charge in [0.15, 0.2) is 5.58 Å². The van der Waals surface area contributed by atoms with Crippen LogP contribution >= 0.6 is 0 Å². The van der Waals surface area contributed by atoms with E-state index < -0.39 is 0 Å². The van der Waals surface area contributed by atoms with Gasteiger partial charge in [0, 0.05) is 11.3 Å². The van der Waals surface area contributed by atoms with Gasteiger partial charge in [0.2, 0.25) is 5.89 Å². The molecule has 0 saturated carbocycles. The topological polar surface area (TPSA) is 52.0 Å². The lowest BCUT2D eigenvalue weighted by atomic mass is 10.2. The predicted molar refractivity (Wildman–Crippen MR) is 68.3 cm³/mol. The second-order valence-corrected chi connectivity index (χ2v) is 3.94. The van der Waals surface area contributed by atoms with Crippen molar-refractivity contribution in [2.24, 2.45) is 0 Å². The Labute approximate surface area is 98.9 Å². The number of aromatic nitrogens is 1. The first kappa shape index (κ1) is 9.90. The quantitative estimate of drug-likeness (QED) is 0.644. The number of rotatable bonds is 1. The van der Waals surface area contributed by atoms with Gasteiger partial charge in [0.05, 0.1) is 0 Å². The summed E-state index contributed by atoms with van der Waals surface area (Å²) in [5.41, 5.74) is 9.80. The van der Waals surface area contributed by atoms with Crippen LogP contribution in [0, 0.1) is 6.92 Å². The van der Waals surface area contributed by atoms with Gasteiger partial charge in [-0.05, 0) is 48.9 Å². The molecule has 1 radical (unpaired) electrons. The second-order valence-electron chi connectivity index (χ2n) is 3.94. The lowest BCUT2D eigenvalue weighted by Gasteiger charge is -1.95. The molecular formula is C14H11N2O. The Hall–Kier alpha value is -2.29. The molecule has 0 aliphatic carbocycles. The highest BCUT2D eigenvalue weighted by atomic mass is 16.3. The largest absolute Gasteiger partial charge is 0.436 e. The normalized spacial score (nSPS) is 10.9. The van der Waals surface area contributed by atoms with Crippen LogP contribution in [0.3, 0.4) is 0 Å². The molecule has 3 heteroatoms. The van der Waals surface area contributed by atoms with E-state index in [4.69, 9.17) is 10.2 Å². The second kappa shape index (κ2) is 3.63. The molecule has 83 valence electrons. The number of hydrogen-bond donors (Lipinski definition) is 1. The Kier molecular flexibility index (Phi) is 2.11. The van der Waals surface area contributed by atoms with Crippen LogP contribution in [-0.4, -0.2) is 4.98 Å². The van der Waals surface area contributed by atoms with Crippen molar-refractivity contribution in [2.45, 2.75) is 0 Å². The molecule has 0 spiro atoms. The fourth-order valence-electron chi connectivity index (χ4n) is 1.72. The van der Waals surface area contributed by atoms with Crippen molar-refractivity contribution < 1.29 is 4.42 Å². The summed E-state index contributed by atoms with van der Waals surface area (Å²) in [7, 11) is 0. The molecule has 3 nitrogen and oxygen atoms in total. The minimum atomic E-state index is 0.602. The molecule has 0 unspecified atom stereocenters. The van der Waals surface area contributed by atoms with Crippen molar-refractivity contribution in [3.05, 3.63) is 55.0 Å². The van der Waals surface area contributed by atoms with Crippen molar-refractivity contribution in [1.29, 1.82) is 0 Å². The number of benzene rings is 2. The molecule has 3 rings (SSSR count). The third-order valence-electron chi connectivity index (χ3n) is 2.61. The summed E-state index contributed by atoms with van der Waals surface area (Å²) in [5, 5.41) is 0. The van der Waals surface area contributed by atoms with Crippen LogP contribution in [0.2, 0.25) is 0 Å². The lowest BCUT2D eigenvalue weighted by Crippen LogP contribution is -1.83. The van der Waals surface area contributed by atoms with Crippen molar-refractivity contribution in [3.63, 3.8) is 0 Å². The molecular weight excluding hydrogens is 212 g/mol. The van der Waals surface area contributed by atoms with Crippen LogP contribution in [0.1, 0.15) is 5.56 Å². The number of anilines is 1. The van der Waals surface area contributed by atoms with Gasteiger partial charge in [0.25, 0.3) is 0 Å². The summed E-state index contributed by atoms with van der Waals surface area (Å²) in [6.07, 6.45) is 0. The van der Waals surface area contributed by atoms with Gasteiger partial charge < -0.3 is 10.2 Å². The zero-order chi connectivity index (χ0) is 11.8. The first-order chi connectivity index (χ1) is 8.22. The van der Waals surface area contributed by atoms with Gasteiger partial charge >= 0.3 is 0 Å². The first-order valence-corrected chi connectivity index (χ1v) is 5.31. The van der Waals surface area contributed by atoms with Gasteiger partial charge in [-0.2, -0.15) is 0 Å². The number of nitrogen functional groups attached to an aromatic ring is 1. The molecule has 1 heterocycles. The maximum absolute atomic E-state index is 5.67. The van der Waals surface area contributed by atoms with Crippen LogP contribution < -0.4 is 5.73 Å². The minimum Gasteiger partial charge on any atom is -0.436 e. The Morgan fingerprint density at radius 2 is 1.82 bits per heavy atom. The monoisotopic (exact) mass is 223 g/mol. The number of nitrogens with two attached hydrogens (primary N) is 1. The summed E-state index contributed by atoms with van der Waals surface area (Å²) in [6.45, 7) is 3.87. The van der Waals surface area contributed by atoms with E-state index in [-0.39, 0.29) is 0 Å². The highest BCUT2D eigenvalue weighted by Crippen LogP contribution is 2.25. The number of hydrogen-bond acceptors (Lipinski definition) is 3. The minimum absolute atomic E-state index is 0.602. The van der Waals surface area contributed by atoms with E-state index in [0.717, 1.165) is 27.9 Å². The van der Waals surface area contributed by atoms with Crippen LogP contribution in [-0.2, 0) is 0 Å². The van der Waals surface area contributed by atoms with Crippen LogP contribution in [0.5, 0.6) is 0 Å². The summed E-state index contributed by atoms with van der Waals surface area (Å²) < 4.78 is 5.67. The zero-order valence-corrected chi connectivity index (χ0v) is 9.18. The molecule has 0 bridgehead atoms. The third kappa shape index (κ3) is 1.76. The third-order valence-corrected chi connectivity index (χ3v) is 2.61. The molecule has 2 aromatic carbocycles. The van der Waals surface area contributed by atoms with E-state index in [1.165, 1.54) is 0 Å². The summed E-state index contributed by atoms with van der Waals surface area (Å²) in [5.74, 6) is 0.602. The Bertz CT molecular complexity index is 668. The van der Waals surface area contributed by atoms with Crippen molar-refractivity contribution >= 4 is 16.8 Å². The van der Waals surface area contributed by atoms with Crippen molar-refractivity contribution in [3.8, 4) is 11.5 Å². The molecule has 0 amide bonds. The van der Waals surface area contributed by atoms with Crippen molar-refractivity contribution in [1.82, 2.24) is 4.98 Å². The molecule has 2 N–H and O–H groups in total.